The maximum atomic E-state index is 13.4. The summed E-state index contributed by atoms with van der Waals surface area (Å²) in [5.41, 5.74) is 15.2. The van der Waals surface area contributed by atoms with Crippen LogP contribution in [0, 0.1) is 0 Å². The fraction of sp³-hybridized carbons (Fsp3) is 0.308. The van der Waals surface area contributed by atoms with E-state index in [1.807, 2.05) is 48.7 Å². The highest BCUT2D eigenvalue weighted by Gasteiger charge is 2.29. The van der Waals surface area contributed by atoms with Gasteiger partial charge in [-0.1, -0.05) is 71.8 Å². The molecule has 1 aliphatic carbocycles. The molecule has 9 heteroatoms. The number of rotatable bonds is 10. The Hall–Kier alpha value is -4.34. The molecule has 0 bridgehead atoms. The van der Waals surface area contributed by atoms with Gasteiger partial charge in [0.05, 0.1) is 17.8 Å². The number of benzene rings is 3. The van der Waals surface area contributed by atoms with Gasteiger partial charge in [-0.3, -0.25) is 14.6 Å². The number of carbonyl (C=O) groups excluding carboxylic acids is 1. The van der Waals surface area contributed by atoms with E-state index in [2.05, 4.69) is 28.4 Å². The number of aromatic nitrogens is 1. The summed E-state index contributed by atoms with van der Waals surface area (Å²) in [6.45, 7) is 1.99. The molecule has 0 saturated carbocycles. The number of piperidine rings is 1. The Morgan fingerprint density at radius 2 is 1.58 bits per heavy atom. The first-order chi connectivity index (χ1) is 23.2. The number of nitrogens with two attached hydrogens (primary N) is 1. The highest BCUT2D eigenvalue weighted by Crippen LogP contribution is 2.38. The summed E-state index contributed by atoms with van der Waals surface area (Å²) in [4.78, 5) is 31.6. The number of aryl methyl sites for hydroxylation is 2. The predicted octanol–water partition coefficient (Wildman–Crippen LogP) is 5.09. The fourth-order valence-corrected chi connectivity index (χ4v) is 7.01. The predicted molar refractivity (Wildman–Crippen MR) is 188 cm³/mol. The average molecular weight is 665 g/mol. The lowest BCUT2D eigenvalue weighted by atomic mass is 9.88. The number of fused-ring (bicyclic) bond motifs is 2. The van der Waals surface area contributed by atoms with Crippen LogP contribution in [0.5, 0.6) is 0 Å². The second-order valence-corrected chi connectivity index (χ2v) is 13.2. The van der Waals surface area contributed by atoms with Crippen molar-refractivity contribution in [3.8, 4) is 0 Å². The van der Waals surface area contributed by atoms with Crippen LogP contribution in [-0.4, -0.2) is 69.8 Å². The number of β-amino-alcohol motifs (C(OH)–C–C–N with tert-alkyl or cyclic N) is 1. The first-order valence-electron chi connectivity index (χ1n) is 16.5. The van der Waals surface area contributed by atoms with E-state index in [4.69, 9.17) is 27.4 Å². The van der Waals surface area contributed by atoms with E-state index in [9.17, 15) is 14.7 Å². The summed E-state index contributed by atoms with van der Waals surface area (Å²) < 4.78 is 0. The van der Waals surface area contributed by atoms with Crippen LogP contribution < -0.4 is 11.1 Å². The molecule has 5 N–H and O–H groups in total. The van der Waals surface area contributed by atoms with Gasteiger partial charge in [0, 0.05) is 42.0 Å². The molecule has 2 heterocycles. The van der Waals surface area contributed by atoms with Gasteiger partial charge in [0.2, 0.25) is 0 Å². The quantitative estimate of drug-likeness (QED) is 0.186. The van der Waals surface area contributed by atoms with Crippen molar-refractivity contribution >= 4 is 29.1 Å². The Morgan fingerprint density at radius 3 is 2.31 bits per heavy atom. The molecular formula is C39H41ClN4O4. The van der Waals surface area contributed by atoms with Gasteiger partial charge in [0.25, 0.3) is 5.91 Å². The summed E-state index contributed by atoms with van der Waals surface area (Å²) in [5, 5.41) is 24.5. The SMILES string of the molecule is NC(Cc1ccc(C(=O)NC(Cc2ccccc2)C(O)CN2CCC(=C3c4ccc(Cl)cc4CCc4cccnc43)CC2)cc1)C(=O)O. The van der Waals surface area contributed by atoms with Gasteiger partial charge in [-0.2, -0.15) is 0 Å². The Balaban J connectivity index is 1.16. The summed E-state index contributed by atoms with van der Waals surface area (Å²) in [6.07, 6.45) is 5.26. The van der Waals surface area contributed by atoms with Crippen molar-refractivity contribution < 1.29 is 19.8 Å². The number of pyridine rings is 1. The maximum absolute atomic E-state index is 13.4. The third-order valence-electron chi connectivity index (χ3n) is 9.46. The van der Waals surface area contributed by atoms with E-state index in [1.165, 1.54) is 27.8 Å². The molecule has 248 valence electrons. The van der Waals surface area contributed by atoms with Gasteiger partial charge in [-0.25, -0.2) is 0 Å². The van der Waals surface area contributed by atoms with Crippen molar-refractivity contribution in [2.75, 3.05) is 19.6 Å². The van der Waals surface area contributed by atoms with Crippen LogP contribution in [-0.2, 0) is 30.5 Å². The van der Waals surface area contributed by atoms with Crippen LogP contribution in [0.15, 0.2) is 96.7 Å². The normalized spacial score (nSPS) is 16.6. The van der Waals surface area contributed by atoms with E-state index in [1.54, 1.807) is 24.3 Å². The van der Waals surface area contributed by atoms with Crippen molar-refractivity contribution in [3.63, 3.8) is 0 Å². The number of amides is 1. The van der Waals surface area contributed by atoms with E-state index >= 15 is 0 Å². The first-order valence-corrected chi connectivity index (χ1v) is 16.9. The number of nitrogens with one attached hydrogen (secondary N) is 1. The van der Waals surface area contributed by atoms with Gasteiger partial charge in [-0.05, 0) is 96.7 Å². The third kappa shape index (κ3) is 8.02. The molecule has 1 amide bonds. The van der Waals surface area contributed by atoms with Crippen LogP contribution in [0.25, 0.3) is 5.57 Å². The van der Waals surface area contributed by atoms with E-state index < -0.39 is 24.2 Å². The molecule has 4 aromatic rings. The van der Waals surface area contributed by atoms with Crippen molar-refractivity contribution in [2.24, 2.45) is 5.73 Å². The minimum Gasteiger partial charge on any atom is -0.480 e. The molecule has 1 fully saturated rings. The smallest absolute Gasteiger partial charge is 0.320 e. The average Bonchev–Trinajstić information content (AvgIpc) is 3.25. The molecule has 0 radical (unpaired) electrons. The molecule has 0 spiro atoms. The van der Waals surface area contributed by atoms with Crippen LogP contribution in [0.4, 0.5) is 0 Å². The lowest BCUT2D eigenvalue weighted by Gasteiger charge is -2.34. The highest BCUT2D eigenvalue weighted by atomic mass is 35.5. The van der Waals surface area contributed by atoms with Gasteiger partial charge < -0.3 is 26.2 Å². The maximum Gasteiger partial charge on any atom is 0.320 e. The van der Waals surface area contributed by atoms with Crippen LogP contribution in [0.1, 0.15) is 56.7 Å². The van der Waals surface area contributed by atoms with Crippen molar-refractivity contribution in [2.45, 2.75) is 56.7 Å². The topological polar surface area (TPSA) is 129 Å². The second kappa shape index (κ2) is 15.3. The number of likely N-dealkylation sites (tertiary alicyclic amines) is 1. The van der Waals surface area contributed by atoms with Gasteiger partial charge in [0.15, 0.2) is 0 Å². The molecule has 3 unspecified atom stereocenters. The number of aliphatic carboxylic acids is 1. The number of carboxylic acids is 1. The summed E-state index contributed by atoms with van der Waals surface area (Å²) in [5.74, 6) is -1.37. The number of hydrogen-bond donors (Lipinski definition) is 4. The molecule has 1 aliphatic heterocycles. The van der Waals surface area contributed by atoms with Crippen molar-refractivity contribution in [1.29, 1.82) is 0 Å². The first kappa shape index (κ1) is 33.6. The lowest BCUT2D eigenvalue weighted by molar-refractivity contribution is -0.138. The summed E-state index contributed by atoms with van der Waals surface area (Å²) in [6, 6.07) is 25.4. The van der Waals surface area contributed by atoms with Gasteiger partial charge in [-0.15, -0.1) is 0 Å². The number of nitrogens with zero attached hydrogens (tertiary/aromatic N) is 2. The molecular weight excluding hydrogens is 624 g/mol. The molecule has 1 aromatic heterocycles. The Labute approximate surface area is 286 Å². The molecule has 2 aliphatic rings. The minimum atomic E-state index is -1.07. The Kier molecular flexibility index (Phi) is 10.7. The largest absolute Gasteiger partial charge is 0.480 e. The lowest BCUT2D eigenvalue weighted by Crippen LogP contribution is -2.50. The molecule has 3 atom stereocenters. The van der Waals surface area contributed by atoms with E-state index in [-0.39, 0.29) is 12.3 Å². The fourth-order valence-electron chi connectivity index (χ4n) is 6.82. The summed E-state index contributed by atoms with van der Waals surface area (Å²) in [7, 11) is 0. The van der Waals surface area contributed by atoms with Crippen molar-refractivity contribution in [1.82, 2.24) is 15.2 Å². The Bertz CT molecular complexity index is 1780. The van der Waals surface area contributed by atoms with E-state index in [0.29, 0.717) is 18.5 Å². The standard InChI is InChI=1S/C39H41ClN4O4/c40-31-14-15-32-30(23-31)13-12-28-7-4-18-42-37(28)36(32)27-16-19-44(20-17-27)24-35(45)34(22-25-5-2-1-3-6-25)43-38(46)29-10-8-26(9-11-29)21-33(41)39(47)48/h1-11,14-15,18,23,33-35,45H,12-13,16-17,19-22,24,41H2,(H,43,46)(H,47,48). The van der Waals surface area contributed by atoms with E-state index in [0.717, 1.165) is 60.6 Å². The summed E-state index contributed by atoms with van der Waals surface area (Å²) >= 11 is 6.41. The number of aliphatic hydroxyl groups is 1. The molecule has 3 aromatic carbocycles. The Morgan fingerprint density at radius 1 is 0.875 bits per heavy atom. The molecule has 6 rings (SSSR count). The zero-order valence-electron chi connectivity index (χ0n) is 26.8. The number of halogens is 1. The van der Waals surface area contributed by atoms with Crippen LogP contribution in [0.3, 0.4) is 0 Å². The van der Waals surface area contributed by atoms with Crippen LogP contribution >= 0.6 is 11.6 Å². The molecule has 1 saturated heterocycles. The van der Waals surface area contributed by atoms with Gasteiger partial charge >= 0.3 is 5.97 Å². The number of hydrogen-bond acceptors (Lipinski definition) is 6. The number of carbonyl (C=O) groups is 2. The van der Waals surface area contributed by atoms with Crippen LogP contribution in [0.2, 0.25) is 5.02 Å². The zero-order valence-corrected chi connectivity index (χ0v) is 27.6. The minimum absolute atomic E-state index is 0.171. The second-order valence-electron chi connectivity index (χ2n) is 12.8. The zero-order chi connectivity index (χ0) is 33.6. The van der Waals surface area contributed by atoms with Gasteiger partial charge in [0.1, 0.15) is 6.04 Å². The monoisotopic (exact) mass is 664 g/mol. The highest BCUT2D eigenvalue weighted by molar-refractivity contribution is 6.30. The van der Waals surface area contributed by atoms with Crippen molar-refractivity contribution in [3.05, 3.63) is 141 Å². The molecule has 48 heavy (non-hydrogen) atoms. The third-order valence-corrected chi connectivity index (χ3v) is 9.69. The molecule has 8 nitrogen and oxygen atoms in total. The number of carboxylic acid groups (broad SMARTS) is 1. The number of aliphatic hydroxyl groups excluding tert-OH is 1.